The zero-order valence-electron chi connectivity index (χ0n) is 15.1. The normalized spacial score (nSPS) is 16.0. The van der Waals surface area contributed by atoms with Crippen molar-refractivity contribution in [2.45, 2.75) is 25.9 Å². The van der Waals surface area contributed by atoms with Crippen LogP contribution in [-0.2, 0) is 17.8 Å². The molecular weight excluding hydrogens is 354 g/mol. The summed E-state index contributed by atoms with van der Waals surface area (Å²) in [5.74, 6) is 1.96. The van der Waals surface area contributed by atoms with Crippen LogP contribution in [-0.4, -0.2) is 37.7 Å². The minimum atomic E-state index is -0.0483. The van der Waals surface area contributed by atoms with Crippen LogP contribution in [0.4, 0.5) is 0 Å². The molecule has 0 saturated heterocycles. The van der Waals surface area contributed by atoms with Gasteiger partial charge in [-0.15, -0.1) is 0 Å². The molecule has 1 aliphatic heterocycles. The van der Waals surface area contributed by atoms with E-state index in [1.165, 1.54) is 5.56 Å². The lowest BCUT2D eigenvalue weighted by atomic mass is 9.94. The highest BCUT2D eigenvalue weighted by molar-refractivity contribution is 6.30. The van der Waals surface area contributed by atoms with E-state index in [9.17, 15) is 4.79 Å². The Labute approximate surface area is 158 Å². The van der Waals surface area contributed by atoms with Crippen molar-refractivity contribution < 1.29 is 19.0 Å². The summed E-state index contributed by atoms with van der Waals surface area (Å²) >= 11 is 5.86. The van der Waals surface area contributed by atoms with Crippen molar-refractivity contribution >= 4 is 17.5 Å². The topological polar surface area (TPSA) is 48.0 Å². The van der Waals surface area contributed by atoms with Crippen molar-refractivity contribution in [1.29, 1.82) is 0 Å². The Balaban J connectivity index is 1.71. The van der Waals surface area contributed by atoms with Crippen LogP contribution in [0.2, 0.25) is 5.02 Å². The second-order valence-electron chi connectivity index (χ2n) is 6.29. The molecule has 5 nitrogen and oxygen atoms in total. The molecule has 0 aliphatic carbocycles. The van der Waals surface area contributed by atoms with Gasteiger partial charge in [-0.2, -0.15) is 0 Å². The molecule has 0 saturated carbocycles. The molecule has 3 rings (SSSR count). The second-order valence-corrected chi connectivity index (χ2v) is 6.73. The summed E-state index contributed by atoms with van der Waals surface area (Å²) in [6, 6.07) is 11.0. The van der Waals surface area contributed by atoms with Gasteiger partial charge in [0, 0.05) is 17.6 Å². The van der Waals surface area contributed by atoms with Gasteiger partial charge in [-0.05, 0) is 60.9 Å². The quantitative estimate of drug-likeness (QED) is 0.799. The lowest BCUT2D eigenvalue weighted by Crippen LogP contribution is -2.44. The number of benzene rings is 2. The van der Waals surface area contributed by atoms with Gasteiger partial charge >= 0.3 is 0 Å². The third-order valence-electron chi connectivity index (χ3n) is 4.59. The Kier molecular flexibility index (Phi) is 5.57. The van der Waals surface area contributed by atoms with Crippen molar-refractivity contribution in [2.75, 3.05) is 20.8 Å². The van der Waals surface area contributed by atoms with Crippen molar-refractivity contribution in [3.05, 3.63) is 52.5 Å². The summed E-state index contributed by atoms with van der Waals surface area (Å²) in [4.78, 5) is 14.5. The molecule has 0 radical (unpaired) electrons. The van der Waals surface area contributed by atoms with Crippen LogP contribution in [0.3, 0.4) is 0 Å². The summed E-state index contributed by atoms with van der Waals surface area (Å²) in [5, 5.41) is 0.634. The van der Waals surface area contributed by atoms with Gasteiger partial charge < -0.3 is 19.1 Å². The Morgan fingerprint density at radius 2 is 1.73 bits per heavy atom. The maximum absolute atomic E-state index is 12.7. The molecule has 2 aromatic carbocycles. The monoisotopic (exact) mass is 375 g/mol. The van der Waals surface area contributed by atoms with Crippen LogP contribution in [0, 0.1) is 0 Å². The number of ether oxygens (including phenoxy) is 3. The maximum Gasteiger partial charge on any atom is 0.261 e. The van der Waals surface area contributed by atoms with E-state index in [0.717, 1.165) is 12.0 Å². The number of fused-ring (bicyclic) bond motifs is 1. The van der Waals surface area contributed by atoms with E-state index in [2.05, 4.69) is 0 Å². The maximum atomic E-state index is 12.7. The fourth-order valence-electron chi connectivity index (χ4n) is 3.16. The number of hydrogen-bond acceptors (Lipinski definition) is 4. The zero-order chi connectivity index (χ0) is 18.7. The number of methoxy groups -OCH3 is 2. The van der Waals surface area contributed by atoms with Crippen LogP contribution in [0.5, 0.6) is 17.2 Å². The summed E-state index contributed by atoms with van der Waals surface area (Å²) in [5.41, 5.74) is 2.25. The molecule has 1 amide bonds. The van der Waals surface area contributed by atoms with E-state index in [1.807, 2.05) is 24.0 Å². The molecule has 26 heavy (non-hydrogen) atoms. The number of hydrogen-bond donors (Lipinski definition) is 0. The predicted octanol–water partition coefficient (Wildman–Crippen LogP) is 3.71. The number of halogens is 1. The van der Waals surface area contributed by atoms with Crippen molar-refractivity contribution in [1.82, 2.24) is 4.90 Å². The summed E-state index contributed by atoms with van der Waals surface area (Å²) in [6.07, 6.45) is 0.766. The van der Waals surface area contributed by atoms with Gasteiger partial charge in [0.2, 0.25) is 0 Å². The third kappa shape index (κ3) is 3.88. The van der Waals surface area contributed by atoms with Crippen LogP contribution >= 0.6 is 11.6 Å². The fourth-order valence-corrected chi connectivity index (χ4v) is 3.29. The first-order valence-corrected chi connectivity index (χ1v) is 8.81. The predicted molar refractivity (Wildman–Crippen MR) is 100 cm³/mol. The molecular formula is C20H22ClNO4. The van der Waals surface area contributed by atoms with Crippen LogP contribution in [0.25, 0.3) is 0 Å². The van der Waals surface area contributed by atoms with Crippen LogP contribution in [0.15, 0.2) is 36.4 Å². The Bertz CT molecular complexity index is 791. The first-order valence-electron chi connectivity index (χ1n) is 8.43. The largest absolute Gasteiger partial charge is 0.493 e. The standard InChI is InChI=1S/C20H22ClNO4/c1-13-8-14-9-18(24-2)19(25-3)10-15(14)11-22(13)20(23)12-26-17-6-4-16(21)5-7-17/h4-7,9-10,13H,8,11-12H2,1-3H3. The van der Waals surface area contributed by atoms with Crippen LogP contribution in [0.1, 0.15) is 18.1 Å². The van der Waals surface area contributed by atoms with Gasteiger partial charge in [-0.1, -0.05) is 11.6 Å². The van der Waals surface area contributed by atoms with Gasteiger partial charge in [0.15, 0.2) is 18.1 Å². The summed E-state index contributed by atoms with van der Waals surface area (Å²) in [6.45, 7) is 2.56. The average Bonchev–Trinajstić information content (AvgIpc) is 2.65. The van der Waals surface area contributed by atoms with Gasteiger partial charge in [0.05, 0.1) is 14.2 Å². The van der Waals surface area contributed by atoms with Gasteiger partial charge in [-0.3, -0.25) is 4.79 Å². The lowest BCUT2D eigenvalue weighted by Gasteiger charge is -2.35. The Morgan fingerprint density at radius 1 is 1.12 bits per heavy atom. The van der Waals surface area contributed by atoms with Crippen LogP contribution < -0.4 is 14.2 Å². The van der Waals surface area contributed by atoms with Crippen molar-refractivity contribution in [2.24, 2.45) is 0 Å². The summed E-state index contributed by atoms with van der Waals surface area (Å²) in [7, 11) is 3.24. The highest BCUT2D eigenvalue weighted by Crippen LogP contribution is 2.34. The number of rotatable bonds is 5. The molecule has 0 aromatic heterocycles. The molecule has 0 fully saturated rings. The minimum absolute atomic E-state index is 0.00536. The van der Waals surface area contributed by atoms with E-state index in [-0.39, 0.29) is 18.6 Å². The van der Waals surface area contributed by atoms with Gasteiger partial charge in [-0.25, -0.2) is 0 Å². The molecule has 1 unspecified atom stereocenters. The molecule has 0 spiro atoms. The molecule has 0 N–H and O–H groups in total. The lowest BCUT2D eigenvalue weighted by molar-refractivity contribution is -0.136. The van der Waals surface area contributed by atoms with Gasteiger partial charge in [0.1, 0.15) is 5.75 Å². The van der Waals surface area contributed by atoms with E-state index in [0.29, 0.717) is 28.8 Å². The first-order chi connectivity index (χ1) is 12.5. The first kappa shape index (κ1) is 18.4. The van der Waals surface area contributed by atoms with Crippen molar-refractivity contribution in [3.63, 3.8) is 0 Å². The summed E-state index contributed by atoms with van der Waals surface area (Å²) < 4.78 is 16.3. The Morgan fingerprint density at radius 3 is 2.35 bits per heavy atom. The van der Waals surface area contributed by atoms with E-state index < -0.39 is 0 Å². The van der Waals surface area contributed by atoms with Gasteiger partial charge in [0.25, 0.3) is 5.91 Å². The minimum Gasteiger partial charge on any atom is -0.493 e. The fraction of sp³-hybridized carbons (Fsp3) is 0.350. The number of nitrogens with zero attached hydrogens (tertiary/aromatic N) is 1. The third-order valence-corrected chi connectivity index (χ3v) is 4.84. The van der Waals surface area contributed by atoms with Crippen molar-refractivity contribution in [3.8, 4) is 17.2 Å². The molecule has 1 aliphatic rings. The van der Waals surface area contributed by atoms with E-state index in [1.54, 1.807) is 38.5 Å². The smallest absolute Gasteiger partial charge is 0.261 e. The highest BCUT2D eigenvalue weighted by Gasteiger charge is 2.28. The van der Waals surface area contributed by atoms with E-state index >= 15 is 0 Å². The number of carbonyl (C=O) groups excluding carboxylic acids is 1. The Hall–Kier alpha value is -2.40. The SMILES string of the molecule is COc1cc2c(cc1OC)CN(C(=O)COc1ccc(Cl)cc1)C(C)C2. The number of carbonyl (C=O) groups is 1. The average molecular weight is 376 g/mol. The second kappa shape index (κ2) is 7.87. The highest BCUT2D eigenvalue weighted by atomic mass is 35.5. The number of amides is 1. The molecule has 1 atom stereocenters. The van der Waals surface area contributed by atoms with E-state index in [4.69, 9.17) is 25.8 Å². The molecule has 6 heteroatoms. The molecule has 138 valence electrons. The zero-order valence-corrected chi connectivity index (χ0v) is 15.9. The molecule has 2 aromatic rings. The molecule has 0 bridgehead atoms. The molecule has 1 heterocycles.